The van der Waals surface area contributed by atoms with Gasteiger partial charge in [-0.3, -0.25) is 9.69 Å². The van der Waals surface area contributed by atoms with Gasteiger partial charge in [-0.05, 0) is 36.1 Å². The standard InChI is InChI=1S/C16H24ClN3OS/c1-22-10-5-15(18)16(21)20-8-6-19(7-9-20)12-13-3-2-4-14(17)11-13/h2-4,11,15H,5-10,12,18H2,1H3/t15-/m0/s1. The van der Waals surface area contributed by atoms with Crippen molar-refractivity contribution in [1.82, 2.24) is 9.80 Å². The highest BCUT2D eigenvalue weighted by Gasteiger charge is 2.24. The Hall–Kier alpha value is -0.750. The lowest BCUT2D eigenvalue weighted by atomic mass is 10.1. The molecule has 1 heterocycles. The summed E-state index contributed by atoms with van der Waals surface area (Å²) in [5.41, 5.74) is 7.19. The summed E-state index contributed by atoms with van der Waals surface area (Å²) in [5.74, 6) is 1.03. The van der Waals surface area contributed by atoms with Crippen molar-refractivity contribution in [2.75, 3.05) is 38.2 Å². The number of piperazine rings is 1. The van der Waals surface area contributed by atoms with Crippen molar-refractivity contribution in [2.24, 2.45) is 5.73 Å². The molecule has 2 rings (SSSR count). The number of nitrogens with two attached hydrogens (primary N) is 1. The Morgan fingerprint density at radius 1 is 1.36 bits per heavy atom. The van der Waals surface area contributed by atoms with E-state index in [2.05, 4.69) is 11.0 Å². The van der Waals surface area contributed by atoms with Crippen LogP contribution in [0.5, 0.6) is 0 Å². The number of amides is 1. The van der Waals surface area contributed by atoms with Crippen molar-refractivity contribution in [2.45, 2.75) is 19.0 Å². The molecule has 1 fully saturated rings. The number of nitrogens with zero attached hydrogens (tertiary/aromatic N) is 2. The van der Waals surface area contributed by atoms with Gasteiger partial charge in [-0.1, -0.05) is 23.7 Å². The van der Waals surface area contributed by atoms with E-state index in [-0.39, 0.29) is 11.9 Å². The molecule has 0 aromatic heterocycles. The van der Waals surface area contributed by atoms with Crippen LogP contribution < -0.4 is 5.73 Å². The Labute approximate surface area is 142 Å². The van der Waals surface area contributed by atoms with Crippen molar-refractivity contribution in [3.63, 3.8) is 0 Å². The second-order valence-corrected chi connectivity index (χ2v) is 7.04. The lowest BCUT2D eigenvalue weighted by Gasteiger charge is -2.36. The molecule has 0 spiro atoms. The largest absolute Gasteiger partial charge is 0.339 e. The number of halogens is 1. The molecule has 0 aliphatic carbocycles. The highest BCUT2D eigenvalue weighted by molar-refractivity contribution is 7.98. The van der Waals surface area contributed by atoms with Gasteiger partial charge in [-0.25, -0.2) is 0 Å². The van der Waals surface area contributed by atoms with Gasteiger partial charge in [-0.15, -0.1) is 0 Å². The molecule has 4 nitrogen and oxygen atoms in total. The summed E-state index contributed by atoms with van der Waals surface area (Å²) in [6.07, 6.45) is 2.79. The molecule has 1 saturated heterocycles. The molecule has 1 atom stereocenters. The maximum atomic E-state index is 12.3. The molecule has 1 aliphatic heterocycles. The van der Waals surface area contributed by atoms with Crippen molar-refractivity contribution in [3.05, 3.63) is 34.9 Å². The number of carbonyl (C=O) groups excluding carboxylic acids is 1. The summed E-state index contributed by atoms with van der Waals surface area (Å²) in [4.78, 5) is 16.5. The molecule has 1 amide bonds. The van der Waals surface area contributed by atoms with Crippen LogP contribution in [0.3, 0.4) is 0 Å². The van der Waals surface area contributed by atoms with E-state index >= 15 is 0 Å². The van der Waals surface area contributed by atoms with Gasteiger partial charge in [0.25, 0.3) is 0 Å². The highest BCUT2D eigenvalue weighted by Crippen LogP contribution is 2.14. The third-order valence-corrected chi connectivity index (χ3v) is 4.81. The van der Waals surface area contributed by atoms with E-state index in [0.29, 0.717) is 0 Å². The number of rotatable bonds is 6. The minimum absolute atomic E-state index is 0.0939. The second-order valence-electron chi connectivity index (χ2n) is 5.62. The molecule has 0 saturated carbocycles. The number of hydrogen-bond acceptors (Lipinski definition) is 4. The Balaban J connectivity index is 1.79. The zero-order valence-corrected chi connectivity index (χ0v) is 14.6. The number of thioether (sulfide) groups is 1. The minimum Gasteiger partial charge on any atom is -0.339 e. The van der Waals surface area contributed by atoms with E-state index in [1.165, 1.54) is 5.56 Å². The predicted octanol–water partition coefficient (Wildman–Crippen LogP) is 2.06. The molecular formula is C16H24ClN3OS. The first-order valence-corrected chi connectivity index (χ1v) is 9.37. The van der Waals surface area contributed by atoms with E-state index in [1.54, 1.807) is 11.8 Å². The first-order valence-electron chi connectivity index (χ1n) is 7.60. The summed E-state index contributed by atoms with van der Waals surface area (Å²) < 4.78 is 0. The summed E-state index contributed by atoms with van der Waals surface area (Å²) in [7, 11) is 0. The molecular weight excluding hydrogens is 318 g/mol. The van der Waals surface area contributed by atoms with Crippen LogP contribution in [0.25, 0.3) is 0 Å². The normalized spacial score (nSPS) is 17.5. The second kappa shape index (κ2) is 8.77. The van der Waals surface area contributed by atoms with Gasteiger partial charge in [0.2, 0.25) is 5.91 Å². The van der Waals surface area contributed by atoms with E-state index < -0.39 is 0 Å². The molecule has 0 unspecified atom stereocenters. The third-order valence-electron chi connectivity index (χ3n) is 3.93. The van der Waals surface area contributed by atoms with Crippen LogP contribution in [0.4, 0.5) is 0 Å². The smallest absolute Gasteiger partial charge is 0.239 e. The van der Waals surface area contributed by atoms with E-state index in [9.17, 15) is 4.79 Å². The molecule has 1 aromatic rings. The molecule has 2 N–H and O–H groups in total. The van der Waals surface area contributed by atoms with Crippen LogP contribution in [0.15, 0.2) is 24.3 Å². The summed E-state index contributed by atoms with van der Waals surface area (Å²) in [6.45, 7) is 4.15. The van der Waals surface area contributed by atoms with Gasteiger partial charge in [0.1, 0.15) is 0 Å². The first-order chi connectivity index (χ1) is 10.6. The van der Waals surface area contributed by atoms with E-state index in [1.807, 2.05) is 29.4 Å². The van der Waals surface area contributed by atoms with Gasteiger partial charge >= 0.3 is 0 Å². The number of carbonyl (C=O) groups is 1. The molecule has 0 radical (unpaired) electrons. The Kier molecular flexibility index (Phi) is 7.02. The molecule has 1 aliphatic rings. The molecule has 1 aromatic carbocycles. The molecule has 0 bridgehead atoms. The molecule has 22 heavy (non-hydrogen) atoms. The fourth-order valence-electron chi connectivity index (χ4n) is 2.62. The van der Waals surface area contributed by atoms with Crippen molar-refractivity contribution in [1.29, 1.82) is 0 Å². The third kappa shape index (κ3) is 5.16. The first kappa shape index (κ1) is 17.6. The average Bonchev–Trinajstić information content (AvgIpc) is 2.52. The van der Waals surface area contributed by atoms with Crippen LogP contribution in [0, 0.1) is 0 Å². The maximum absolute atomic E-state index is 12.3. The Bertz CT molecular complexity index is 492. The Morgan fingerprint density at radius 2 is 2.09 bits per heavy atom. The predicted molar refractivity (Wildman–Crippen MR) is 94.3 cm³/mol. The van der Waals surface area contributed by atoms with Crippen molar-refractivity contribution < 1.29 is 4.79 Å². The molecule has 6 heteroatoms. The van der Waals surface area contributed by atoms with Gasteiger partial charge < -0.3 is 10.6 Å². The highest BCUT2D eigenvalue weighted by atomic mass is 35.5. The molecule has 122 valence electrons. The summed E-state index contributed by atoms with van der Waals surface area (Å²) >= 11 is 7.74. The summed E-state index contributed by atoms with van der Waals surface area (Å²) in [6, 6.07) is 7.59. The van der Waals surface area contributed by atoms with Crippen LogP contribution >= 0.6 is 23.4 Å². The maximum Gasteiger partial charge on any atom is 0.239 e. The average molecular weight is 342 g/mol. The van der Waals surface area contributed by atoms with Crippen molar-refractivity contribution >= 4 is 29.3 Å². The lowest BCUT2D eigenvalue weighted by molar-refractivity contribution is -0.134. The zero-order chi connectivity index (χ0) is 15.9. The van der Waals surface area contributed by atoms with Gasteiger partial charge in [0, 0.05) is 37.7 Å². The van der Waals surface area contributed by atoms with Gasteiger partial charge in [0.05, 0.1) is 6.04 Å². The Morgan fingerprint density at radius 3 is 2.73 bits per heavy atom. The van der Waals surface area contributed by atoms with Gasteiger partial charge in [0.15, 0.2) is 0 Å². The zero-order valence-electron chi connectivity index (χ0n) is 13.0. The van der Waals surface area contributed by atoms with Crippen LogP contribution in [0.1, 0.15) is 12.0 Å². The van der Waals surface area contributed by atoms with Crippen LogP contribution in [0.2, 0.25) is 5.02 Å². The van der Waals surface area contributed by atoms with Crippen LogP contribution in [-0.4, -0.2) is 59.9 Å². The fourth-order valence-corrected chi connectivity index (χ4v) is 3.33. The minimum atomic E-state index is -0.355. The van der Waals surface area contributed by atoms with E-state index in [4.69, 9.17) is 17.3 Å². The fraction of sp³-hybridized carbons (Fsp3) is 0.562. The van der Waals surface area contributed by atoms with Crippen LogP contribution in [-0.2, 0) is 11.3 Å². The van der Waals surface area contributed by atoms with Crippen molar-refractivity contribution in [3.8, 4) is 0 Å². The van der Waals surface area contributed by atoms with Gasteiger partial charge in [-0.2, -0.15) is 11.8 Å². The quantitative estimate of drug-likeness (QED) is 0.860. The van der Waals surface area contributed by atoms with E-state index in [0.717, 1.165) is 49.9 Å². The summed E-state index contributed by atoms with van der Waals surface area (Å²) in [5, 5.41) is 0.770. The number of hydrogen-bond donors (Lipinski definition) is 1. The topological polar surface area (TPSA) is 49.6 Å². The lowest BCUT2D eigenvalue weighted by Crippen LogP contribution is -2.53. The SMILES string of the molecule is CSCC[C@H](N)C(=O)N1CCN(Cc2cccc(Cl)c2)CC1. The monoisotopic (exact) mass is 341 g/mol. The number of benzene rings is 1.